The van der Waals surface area contributed by atoms with Crippen LogP contribution in [0.3, 0.4) is 0 Å². The van der Waals surface area contributed by atoms with Crippen molar-refractivity contribution in [3.8, 4) is 22.3 Å². The van der Waals surface area contributed by atoms with E-state index in [0.29, 0.717) is 0 Å². The second kappa shape index (κ2) is 11.3. The third-order valence-corrected chi connectivity index (χ3v) is 9.39. The van der Waals surface area contributed by atoms with Gasteiger partial charge in [0.2, 0.25) is 0 Å². The van der Waals surface area contributed by atoms with Crippen molar-refractivity contribution in [3.05, 3.63) is 188 Å². The summed E-state index contributed by atoms with van der Waals surface area (Å²) in [6.07, 6.45) is 0. The molecule has 220 valence electrons. The lowest BCUT2D eigenvalue weighted by atomic mass is 9.87. The highest BCUT2D eigenvalue weighted by Gasteiger charge is 2.16. The van der Waals surface area contributed by atoms with Crippen molar-refractivity contribution in [2.75, 3.05) is 4.90 Å². The van der Waals surface area contributed by atoms with Gasteiger partial charge < -0.3 is 4.90 Å². The molecule has 1 heteroatoms. The van der Waals surface area contributed by atoms with E-state index in [2.05, 4.69) is 193 Å². The minimum Gasteiger partial charge on any atom is -0.311 e. The molecule has 0 amide bonds. The summed E-state index contributed by atoms with van der Waals surface area (Å²) in [4.78, 5) is 2.31. The lowest BCUT2D eigenvalue weighted by Crippen LogP contribution is -2.09. The topological polar surface area (TPSA) is 3.24 Å². The Morgan fingerprint density at radius 1 is 0.277 bits per heavy atom. The molecule has 0 atom stereocenters. The highest BCUT2D eigenvalue weighted by Crippen LogP contribution is 2.43. The first kappa shape index (κ1) is 27.2. The molecule has 0 aliphatic carbocycles. The Labute approximate surface area is 274 Å². The van der Waals surface area contributed by atoms with E-state index in [4.69, 9.17) is 0 Å². The average molecular weight is 598 g/mol. The molecule has 0 spiro atoms. The van der Waals surface area contributed by atoms with Crippen LogP contribution in [0.25, 0.3) is 65.3 Å². The average Bonchev–Trinajstić information content (AvgIpc) is 3.15. The number of fused-ring (bicyclic) bond motifs is 6. The van der Waals surface area contributed by atoms with E-state index in [-0.39, 0.29) is 0 Å². The highest BCUT2D eigenvalue weighted by atomic mass is 15.1. The molecule has 0 N–H and O–H groups in total. The van der Waals surface area contributed by atoms with Gasteiger partial charge in [-0.25, -0.2) is 0 Å². The maximum atomic E-state index is 2.40. The Hall–Kier alpha value is -6.18. The van der Waals surface area contributed by atoms with Gasteiger partial charge in [0.05, 0.1) is 0 Å². The van der Waals surface area contributed by atoms with Gasteiger partial charge in [0.25, 0.3) is 0 Å². The molecule has 1 nitrogen and oxygen atoms in total. The molecule has 0 heterocycles. The Kier molecular flexibility index (Phi) is 6.54. The normalized spacial score (nSPS) is 11.4. The van der Waals surface area contributed by atoms with Crippen molar-refractivity contribution in [2.24, 2.45) is 0 Å². The van der Waals surface area contributed by atoms with Crippen molar-refractivity contribution in [1.29, 1.82) is 0 Å². The van der Waals surface area contributed by atoms with Gasteiger partial charge in [-0.2, -0.15) is 0 Å². The number of hydrogen-bond donors (Lipinski definition) is 0. The van der Waals surface area contributed by atoms with Crippen LogP contribution >= 0.6 is 0 Å². The molecule has 9 aromatic carbocycles. The Morgan fingerprint density at radius 3 is 1.32 bits per heavy atom. The molecule has 9 aromatic rings. The first-order valence-electron chi connectivity index (χ1n) is 16.2. The number of rotatable bonds is 5. The van der Waals surface area contributed by atoms with E-state index in [9.17, 15) is 0 Å². The lowest BCUT2D eigenvalue weighted by Gasteiger charge is -2.25. The fraction of sp³-hybridized carbons (Fsp3) is 0. The fourth-order valence-electron chi connectivity index (χ4n) is 7.21. The summed E-state index contributed by atoms with van der Waals surface area (Å²) in [7, 11) is 0. The Bertz CT molecular complexity index is 2510. The fourth-order valence-corrected chi connectivity index (χ4v) is 7.21. The minimum absolute atomic E-state index is 1.13. The lowest BCUT2D eigenvalue weighted by molar-refractivity contribution is 1.28. The van der Waals surface area contributed by atoms with E-state index in [0.717, 1.165) is 17.1 Å². The van der Waals surface area contributed by atoms with Gasteiger partial charge in [-0.15, -0.1) is 0 Å². The smallest absolute Gasteiger partial charge is 0.0462 e. The molecule has 9 rings (SSSR count). The van der Waals surface area contributed by atoms with Gasteiger partial charge in [0, 0.05) is 17.1 Å². The van der Waals surface area contributed by atoms with Crippen LogP contribution in [-0.2, 0) is 0 Å². The van der Waals surface area contributed by atoms with Crippen molar-refractivity contribution in [2.45, 2.75) is 0 Å². The molecule has 0 fully saturated rings. The third-order valence-electron chi connectivity index (χ3n) is 9.39. The van der Waals surface area contributed by atoms with Crippen LogP contribution in [0.5, 0.6) is 0 Å². The minimum atomic E-state index is 1.13. The Balaban J connectivity index is 1.24. The number of para-hydroxylation sites is 2. The molecule has 47 heavy (non-hydrogen) atoms. The predicted molar refractivity (Wildman–Crippen MR) is 202 cm³/mol. The van der Waals surface area contributed by atoms with Crippen molar-refractivity contribution < 1.29 is 0 Å². The summed E-state index contributed by atoms with van der Waals surface area (Å²) in [6, 6.07) is 68.2. The molecular weight excluding hydrogens is 567 g/mol. The molecule has 0 unspecified atom stereocenters. The number of hydrogen-bond acceptors (Lipinski definition) is 1. The first-order chi connectivity index (χ1) is 23.3. The van der Waals surface area contributed by atoms with Gasteiger partial charge in [0.15, 0.2) is 0 Å². The zero-order chi connectivity index (χ0) is 31.2. The molecular formula is C46H31N. The largest absolute Gasteiger partial charge is 0.311 e. The standard InChI is InChI=1S/C46H31N/c1-3-15-37(16-4-1)47(38-17-5-2-6-18-38)39-27-25-33(26-28-39)44-30-36-31-45(35-24-23-32-13-7-8-14-34(32)29-35)41-20-10-12-22-43(41)46(36)42-21-11-9-19-40(42)44/h1-31H. The van der Waals surface area contributed by atoms with Crippen LogP contribution in [0.2, 0.25) is 0 Å². The zero-order valence-corrected chi connectivity index (χ0v) is 25.8. The summed E-state index contributed by atoms with van der Waals surface area (Å²) in [5.41, 5.74) is 8.34. The SMILES string of the molecule is c1ccc(N(c2ccccc2)c2ccc(-c3cc4cc(-c5ccc6ccccc6c5)c5ccccc5c4c4ccccc34)cc2)cc1. The van der Waals surface area contributed by atoms with Gasteiger partial charge >= 0.3 is 0 Å². The molecule has 0 saturated carbocycles. The van der Waals surface area contributed by atoms with Crippen molar-refractivity contribution in [1.82, 2.24) is 0 Å². The second-order valence-corrected chi connectivity index (χ2v) is 12.2. The second-order valence-electron chi connectivity index (χ2n) is 12.2. The highest BCUT2D eigenvalue weighted by molar-refractivity contribution is 6.25. The first-order valence-corrected chi connectivity index (χ1v) is 16.2. The maximum absolute atomic E-state index is 2.40. The van der Waals surface area contributed by atoms with E-state index in [1.807, 2.05) is 0 Å². The summed E-state index contributed by atoms with van der Waals surface area (Å²) in [5.74, 6) is 0. The van der Waals surface area contributed by atoms with Crippen LogP contribution in [0.15, 0.2) is 188 Å². The molecule has 0 aliphatic rings. The Morgan fingerprint density at radius 2 is 0.723 bits per heavy atom. The number of nitrogens with zero attached hydrogens (tertiary/aromatic N) is 1. The van der Waals surface area contributed by atoms with E-state index in [1.165, 1.54) is 65.3 Å². The predicted octanol–water partition coefficient (Wildman–Crippen LogP) is 13.1. The van der Waals surface area contributed by atoms with E-state index < -0.39 is 0 Å². The van der Waals surface area contributed by atoms with Crippen LogP contribution in [0, 0.1) is 0 Å². The molecule has 0 radical (unpaired) electrons. The third kappa shape index (κ3) is 4.72. The quantitative estimate of drug-likeness (QED) is 0.178. The van der Waals surface area contributed by atoms with Crippen LogP contribution < -0.4 is 4.90 Å². The monoisotopic (exact) mass is 597 g/mol. The maximum Gasteiger partial charge on any atom is 0.0462 e. The van der Waals surface area contributed by atoms with Gasteiger partial charge in [-0.3, -0.25) is 0 Å². The summed E-state index contributed by atoms with van der Waals surface area (Å²) in [6.45, 7) is 0. The summed E-state index contributed by atoms with van der Waals surface area (Å²) >= 11 is 0. The van der Waals surface area contributed by atoms with Gasteiger partial charge in [-0.1, -0.05) is 133 Å². The van der Waals surface area contributed by atoms with Gasteiger partial charge in [-0.05, 0) is 120 Å². The molecule has 0 saturated heterocycles. The van der Waals surface area contributed by atoms with Crippen LogP contribution in [0.1, 0.15) is 0 Å². The van der Waals surface area contributed by atoms with Crippen molar-refractivity contribution in [3.63, 3.8) is 0 Å². The van der Waals surface area contributed by atoms with Crippen LogP contribution in [-0.4, -0.2) is 0 Å². The summed E-state index contributed by atoms with van der Waals surface area (Å²) < 4.78 is 0. The number of benzene rings is 9. The van der Waals surface area contributed by atoms with E-state index >= 15 is 0 Å². The molecule has 0 aromatic heterocycles. The van der Waals surface area contributed by atoms with Crippen molar-refractivity contribution >= 4 is 60.2 Å². The summed E-state index contributed by atoms with van der Waals surface area (Å²) in [5, 5.41) is 10.2. The van der Waals surface area contributed by atoms with Gasteiger partial charge in [0.1, 0.15) is 0 Å². The van der Waals surface area contributed by atoms with Crippen LogP contribution in [0.4, 0.5) is 17.1 Å². The molecule has 0 aliphatic heterocycles. The number of anilines is 3. The van der Waals surface area contributed by atoms with E-state index in [1.54, 1.807) is 0 Å². The zero-order valence-electron chi connectivity index (χ0n) is 25.8. The molecule has 0 bridgehead atoms.